The minimum Gasteiger partial charge on any atom is -0.490 e. The van der Waals surface area contributed by atoms with Crippen LogP contribution in [0.25, 0.3) is 0 Å². The van der Waals surface area contributed by atoms with Gasteiger partial charge in [-0.15, -0.1) is 0 Å². The predicted octanol–water partition coefficient (Wildman–Crippen LogP) is 3.42. The van der Waals surface area contributed by atoms with E-state index >= 15 is 0 Å². The van der Waals surface area contributed by atoms with E-state index in [1.165, 1.54) is 0 Å². The number of ether oxygens (including phenoxy) is 2. The molecule has 0 aromatic heterocycles. The number of amides is 1. The normalized spacial score (nSPS) is 24.1. The van der Waals surface area contributed by atoms with Gasteiger partial charge in [-0.1, -0.05) is 27.7 Å². The number of methoxy groups -OCH3 is 1. The van der Waals surface area contributed by atoms with Gasteiger partial charge in [-0.3, -0.25) is 9.79 Å². The van der Waals surface area contributed by atoms with Crippen LogP contribution in [0, 0.1) is 0 Å². The summed E-state index contributed by atoms with van der Waals surface area (Å²) in [6.07, 6.45) is 3.39. The number of nitrogens with two attached hydrogens (primary N) is 1. The fraction of sp³-hybridized carbons (Fsp3) is 0.579. The molecule has 1 aromatic rings. The van der Waals surface area contributed by atoms with Gasteiger partial charge in [0.25, 0.3) is 0 Å². The van der Waals surface area contributed by atoms with Crippen LogP contribution in [-0.2, 0) is 15.1 Å². The van der Waals surface area contributed by atoms with E-state index in [2.05, 4.69) is 32.0 Å². The van der Waals surface area contributed by atoms with Crippen molar-refractivity contribution in [2.75, 3.05) is 19.5 Å². The molecule has 1 aromatic carbocycles. The molecular formula is C19H28BrN3O3S. The number of carbonyl (C=O) groups excluding carboxylic acids is 1. The van der Waals surface area contributed by atoms with Gasteiger partial charge in [0.05, 0.1) is 0 Å². The molecule has 3 atom stereocenters. The van der Waals surface area contributed by atoms with E-state index in [9.17, 15) is 4.79 Å². The lowest BCUT2D eigenvalue weighted by atomic mass is 9.82. The molecule has 8 heteroatoms. The lowest BCUT2D eigenvalue weighted by Gasteiger charge is -2.38. The maximum atomic E-state index is 10.5. The number of benzene rings is 1. The van der Waals surface area contributed by atoms with Gasteiger partial charge in [0.15, 0.2) is 5.17 Å². The number of carbonyl (C=O) groups is 1. The number of hydrogen-bond acceptors (Lipinski definition) is 6. The molecular weight excluding hydrogens is 430 g/mol. The Kier molecular flexibility index (Phi) is 8.44. The minimum absolute atomic E-state index is 0.0785. The van der Waals surface area contributed by atoms with Crippen LogP contribution in [0.1, 0.15) is 38.7 Å². The average Bonchev–Trinajstić information content (AvgIpc) is 3.02. The van der Waals surface area contributed by atoms with Gasteiger partial charge >= 0.3 is 0 Å². The number of halogens is 1. The van der Waals surface area contributed by atoms with Crippen molar-refractivity contribution in [2.24, 2.45) is 10.7 Å². The number of fused-ring (bicyclic) bond motifs is 2. The molecule has 1 amide bonds. The second kappa shape index (κ2) is 10.3. The van der Waals surface area contributed by atoms with Gasteiger partial charge in [0, 0.05) is 42.0 Å². The first kappa shape index (κ1) is 22.0. The summed E-state index contributed by atoms with van der Waals surface area (Å²) in [4.78, 5) is 15.3. The summed E-state index contributed by atoms with van der Waals surface area (Å²) in [5, 5.41) is 3.43. The van der Waals surface area contributed by atoms with Gasteiger partial charge in [-0.25, -0.2) is 0 Å². The molecule has 1 spiro atoms. The third-order valence-corrected chi connectivity index (χ3v) is 6.15. The molecule has 150 valence electrons. The Balaban J connectivity index is 0.000000596. The highest BCUT2D eigenvalue weighted by atomic mass is 79.9. The molecule has 2 unspecified atom stereocenters. The highest BCUT2D eigenvalue weighted by molar-refractivity contribution is 9.10. The second-order valence-electron chi connectivity index (χ2n) is 6.70. The standard InChI is InChI=1S/C16H20BrN3O2S.C3H8O/c1-10(19-9-21)2-4-12-7-16(8-23-15(18)20-16)13-6-11(17)3-5-14(13)22-12;1-3-4-2/h3,5-6,9-10,12H,2,4,7-8H2,1H3,(H2,18,20)(H,19,21);3H2,1-2H3/t10?,12-,16?;/m0./s1. The molecule has 0 saturated carbocycles. The Morgan fingerprint density at radius 1 is 1.59 bits per heavy atom. The number of nitrogens with one attached hydrogen (secondary N) is 1. The Hall–Kier alpha value is -1.25. The topological polar surface area (TPSA) is 85.9 Å². The summed E-state index contributed by atoms with van der Waals surface area (Å²) >= 11 is 5.14. The molecule has 2 heterocycles. The van der Waals surface area contributed by atoms with E-state index in [0.29, 0.717) is 5.17 Å². The highest BCUT2D eigenvalue weighted by Crippen LogP contribution is 2.48. The van der Waals surface area contributed by atoms with E-state index in [-0.39, 0.29) is 17.7 Å². The minimum atomic E-state index is -0.294. The molecule has 0 saturated heterocycles. The van der Waals surface area contributed by atoms with Crippen LogP contribution in [0.4, 0.5) is 0 Å². The fourth-order valence-corrected chi connectivity index (χ4v) is 4.51. The number of hydrogen-bond donors (Lipinski definition) is 2. The summed E-state index contributed by atoms with van der Waals surface area (Å²) in [5.74, 6) is 1.74. The van der Waals surface area contributed by atoms with Crippen molar-refractivity contribution in [3.8, 4) is 5.75 Å². The molecule has 0 fully saturated rings. The second-order valence-corrected chi connectivity index (χ2v) is 8.61. The van der Waals surface area contributed by atoms with Crippen molar-refractivity contribution in [3.05, 3.63) is 28.2 Å². The molecule has 0 aliphatic carbocycles. The first-order valence-corrected chi connectivity index (χ1v) is 10.9. The largest absolute Gasteiger partial charge is 0.490 e. The van der Waals surface area contributed by atoms with E-state index < -0.39 is 0 Å². The summed E-state index contributed by atoms with van der Waals surface area (Å²) in [7, 11) is 1.68. The van der Waals surface area contributed by atoms with Gasteiger partial charge in [-0.2, -0.15) is 0 Å². The third kappa shape index (κ3) is 5.86. The SMILES string of the molecule is CC(CC[C@H]1CC2(CSC(N)=N2)c2cc(Br)ccc2O1)NC=O.CCOC. The zero-order valence-electron chi connectivity index (χ0n) is 16.0. The third-order valence-electron chi connectivity index (χ3n) is 4.65. The number of nitrogens with zero attached hydrogens (tertiary/aromatic N) is 1. The van der Waals surface area contributed by atoms with E-state index in [4.69, 9.17) is 15.5 Å². The number of rotatable bonds is 6. The molecule has 3 rings (SSSR count). The number of amidine groups is 1. The maximum Gasteiger partial charge on any atom is 0.207 e. The molecule has 2 aliphatic heterocycles. The zero-order valence-corrected chi connectivity index (χ0v) is 18.4. The summed E-state index contributed by atoms with van der Waals surface area (Å²) in [5.41, 5.74) is 6.77. The Labute approximate surface area is 173 Å². The Morgan fingerprint density at radius 3 is 2.93 bits per heavy atom. The quantitative estimate of drug-likeness (QED) is 0.638. The average molecular weight is 458 g/mol. The van der Waals surface area contributed by atoms with Crippen LogP contribution in [0.3, 0.4) is 0 Å². The molecule has 2 aliphatic rings. The predicted molar refractivity (Wildman–Crippen MR) is 114 cm³/mol. The van der Waals surface area contributed by atoms with Crippen molar-refractivity contribution in [2.45, 2.75) is 50.8 Å². The van der Waals surface area contributed by atoms with Gasteiger partial charge in [0.1, 0.15) is 17.4 Å². The van der Waals surface area contributed by atoms with Crippen LogP contribution in [-0.4, -0.2) is 43.2 Å². The fourth-order valence-electron chi connectivity index (χ4n) is 3.18. The van der Waals surface area contributed by atoms with E-state index in [1.807, 2.05) is 26.0 Å². The lowest BCUT2D eigenvalue weighted by molar-refractivity contribution is -0.110. The molecule has 0 bridgehead atoms. The van der Waals surface area contributed by atoms with Crippen molar-refractivity contribution < 1.29 is 14.3 Å². The molecule has 0 radical (unpaired) electrons. The monoisotopic (exact) mass is 457 g/mol. The molecule has 27 heavy (non-hydrogen) atoms. The van der Waals surface area contributed by atoms with Crippen LogP contribution in [0.15, 0.2) is 27.7 Å². The van der Waals surface area contributed by atoms with Crippen molar-refractivity contribution in [1.82, 2.24) is 5.32 Å². The van der Waals surface area contributed by atoms with Gasteiger partial charge < -0.3 is 20.5 Å². The first-order valence-electron chi connectivity index (χ1n) is 9.07. The van der Waals surface area contributed by atoms with Gasteiger partial charge in [-0.05, 0) is 44.9 Å². The van der Waals surface area contributed by atoms with Crippen LogP contribution < -0.4 is 15.8 Å². The zero-order chi connectivity index (χ0) is 19.9. The van der Waals surface area contributed by atoms with Crippen molar-refractivity contribution >= 4 is 39.3 Å². The number of aliphatic imine (C=N–C) groups is 1. The van der Waals surface area contributed by atoms with E-state index in [0.717, 1.165) is 53.8 Å². The summed E-state index contributed by atoms with van der Waals surface area (Å²) in [6.45, 7) is 4.78. The Bertz CT molecular complexity index is 672. The van der Waals surface area contributed by atoms with E-state index in [1.54, 1.807) is 18.9 Å². The van der Waals surface area contributed by atoms with Crippen LogP contribution in [0.2, 0.25) is 0 Å². The van der Waals surface area contributed by atoms with Crippen LogP contribution >= 0.6 is 27.7 Å². The molecule has 3 N–H and O–H groups in total. The molecule has 6 nitrogen and oxygen atoms in total. The van der Waals surface area contributed by atoms with Crippen molar-refractivity contribution in [3.63, 3.8) is 0 Å². The summed E-state index contributed by atoms with van der Waals surface area (Å²) < 4.78 is 11.7. The van der Waals surface area contributed by atoms with Crippen molar-refractivity contribution in [1.29, 1.82) is 0 Å². The highest BCUT2D eigenvalue weighted by Gasteiger charge is 2.44. The summed E-state index contributed by atoms with van der Waals surface area (Å²) in [6, 6.07) is 6.21. The maximum absolute atomic E-state index is 10.5. The Morgan fingerprint density at radius 2 is 2.33 bits per heavy atom. The lowest BCUT2D eigenvalue weighted by Crippen LogP contribution is -2.38. The first-order chi connectivity index (χ1) is 12.9. The smallest absolute Gasteiger partial charge is 0.207 e. The van der Waals surface area contributed by atoms with Gasteiger partial charge in [0.2, 0.25) is 6.41 Å². The number of thioether (sulfide) groups is 1. The van der Waals surface area contributed by atoms with Crippen LogP contribution in [0.5, 0.6) is 5.75 Å².